The molecule has 0 N–H and O–H groups in total. The highest BCUT2D eigenvalue weighted by Crippen LogP contribution is 2.43. The third kappa shape index (κ3) is 8.28. The van der Waals surface area contributed by atoms with E-state index < -0.39 is 60.4 Å². The van der Waals surface area contributed by atoms with Gasteiger partial charge in [-0.05, 0) is 67.0 Å². The van der Waals surface area contributed by atoms with Crippen molar-refractivity contribution in [2.24, 2.45) is 0 Å². The van der Waals surface area contributed by atoms with Gasteiger partial charge in [0.05, 0.1) is 29.7 Å². The maximum atomic E-state index is 17.1. The van der Waals surface area contributed by atoms with Crippen LogP contribution in [0, 0.1) is 46.3 Å². The molecule has 1 fully saturated rings. The predicted molar refractivity (Wildman–Crippen MR) is 212 cm³/mol. The van der Waals surface area contributed by atoms with E-state index in [9.17, 15) is 10.1 Å². The molecule has 1 aliphatic heterocycles. The number of benzene rings is 3. The summed E-state index contributed by atoms with van der Waals surface area (Å²) in [6, 6.07) is 8.16. The van der Waals surface area contributed by atoms with Gasteiger partial charge in [-0.2, -0.15) is 19.6 Å². The molecule has 1 aliphatic rings. The van der Waals surface area contributed by atoms with Gasteiger partial charge in [0.15, 0.2) is 12.6 Å². The summed E-state index contributed by atoms with van der Waals surface area (Å²) in [6.07, 6.45) is -1.97. The van der Waals surface area contributed by atoms with E-state index in [2.05, 4.69) is 69.0 Å². The third-order valence-electron chi connectivity index (χ3n) is 10.5. The Morgan fingerprint density at radius 1 is 0.982 bits per heavy atom. The number of ether oxygens (including phenoxy) is 3. The Morgan fingerprint density at radius 2 is 1.66 bits per heavy atom. The van der Waals surface area contributed by atoms with Gasteiger partial charge >= 0.3 is 12.2 Å². The Labute approximate surface area is 327 Å². The lowest BCUT2D eigenvalue weighted by Gasteiger charge is -2.41. The topological polar surface area (TPSA) is 101 Å². The Bertz CT molecular complexity index is 2220. The average Bonchev–Trinajstić information content (AvgIpc) is 3.10. The number of fused-ring (bicyclic) bond motifs is 2. The minimum absolute atomic E-state index is 0.00209. The molecule has 0 spiro atoms. The number of hydrogen-bond donors (Lipinski definition) is 0. The minimum atomic E-state index is -2.39. The second-order valence-corrected chi connectivity index (χ2v) is 21.7. The number of aromatic nitrogens is 2. The number of carbonyl (C=O) groups is 1. The fraction of sp³-hybridized carbons (Fsp3) is 0.476. The summed E-state index contributed by atoms with van der Waals surface area (Å²) in [5, 5.41) is 10.0. The van der Waals surface area contributed by atoms with Crippen molar-refractivity contribution in [2.75, 3.05) is 38.4 Å². The van der Waals surface area contributed by atoms with Crippen LogP contribution in [0.3, 0.4) is 0 Å². The molecular weight excluding hydrogens is 743 g/mol. The average molecular weight is 792 g/mol. The van der Waals surface area contributed by atoms with Crippen LogP contribution in [0.5, 0.6) is 5.75 Å². The molecule has 14 heteroatoms. The SMILES string of the molecule is COCOc1cc(-c2c(F)cc3c(N4CCN(C(=O)OC(C)(C)C)[C@@H](CC#N)C4)nc(F)nc3c2F)c2c(C#C[Si](C(C)C)(C(C)C)C(C)C)c(F)ccc2c1. The van der Waals surface area contributed by atoms with E-state index in [1.807, 2.05) is 0 Å². The standard InChI is InChI=1S/C42H49F4N5O4Si/c1-24(2)56(25(3)4,26(5)6)18-14-30-33(43)12-11-27-19-29(54-23-53-10)20-31(35(27)30)36-34(44)21-32-38(37(36)45)48-40(46)49-39(32)50-16-17-51(28(22-50)13-15-47)41(52)55-42(7,8)9/h11-12,19-21,24-26,28H,13,16-17,22-23H2,1-10H3/t28-/m0/s1. The molecule has 0 radical (unpaired) electrons. The minimum Gasteiger partial charge on any atom is -0.468 e. The van der Waals surface area contributed by atoms with Crippen LogP contribution in [0.2, 0.25) is 16.6 Å². The van der Waals surface area contributed by atoms with Crippen LogP contribution in [0.1, 0.15) is 74.3 Å². The number of halogens is 4. The van der Waals surface area contributed by atoms with E-state index in [-0.39, 0.29) is 82.9 Å². The summed E-state index contributed by atoms with van der Waals surface area (Å²) >= 11 is 0. The summed E-state index contributed by atoms with van der Waals surface area (Å²) in [4.78, 5) is 23.7. The van der Waals surface area contributed by atoms with Crippen LogP contribution in [0.15, 0.2) is 30.3 Å². The molecule has 0 aliphatic carbocycles. The highest BCUT2D eigenvalue weighted by molar-refractivity contribution is 6.90. The van der Waals surface area contributed by atoms with E-state index in [0.29, 0.717) is 5.39 Å². The molecule has 1 saturated heterocycles. The van der Waals surface area contributed by atoms with Crippen molar-refractivity contribution in [2.45, 2.75) is 97.0 Å². The molecule has 56 heavy (non-hydrogen) atoms. The lowest BCUT2D eigenvalue weighted by atomic mass is 9.92. The quantitative estimate of drug-likeness (QED) is 0.0543. The molecule has 0 unspecified atom stereocenters. The van der Waals surface area contributed by atoms with Crippen molar-refractivity contribution in [1.82, 2.24) is 14.9 Å². The first kappa shape index (κ1) is 42.2. The van der Waals surface area contributed by atoms with Crippen LogP contribution in [-0.2, 0) is 9.47 Å². The van der Waals surface area contributed by atoms with Crippen LogP contribution in [0.25, 0.3) is 32.8 Å². The molecule has 9 nitrogen and oxygen atoms in total. The number of hydrogen-bond acceptors (Lipinski definition) is 8. The van der Waals surface area contributed by atoms with Gasteiger partial charge in [-0.25, -0.2) is 18.0 Å². The first-order valence-corrected chi connectivity index (χ1v) is 21.0. The molecular formula is C42H49F4N5O4Si. The summed E-state index contributed by atoms with van der Waals surface area (Å²) in [5.74, 6) is 0.334. The van der Waals surface area contributed by atoms with Gasteiger partial charge in [-0.1, -0.05) is 53.5 Å². The van der Waals surface area contributed by atoms with E-state index in [1.54, 1.807) is 31.7 Å². The van der Waals surface area contributed by atoms with Gasteiger partial charge in [-0.3, -0.25) is 0 Å². The highest BCUT2D eigenvalue weighted by atomic mass is 28.3. The summed E-state index contributed by atoms with van der Waals surface area (Å²) in [7, 11) is -0.968. The highest BCUT2D eigenvalue weighted by Gasteiger charge is 2.42. The summed E-state index contributed by atoms with van der Waals surface area (Å²) in [6.45, 7) is 17.9. The van der Waals surface area contributed by atoms with Crippen LogP contribution in [-0.4, -0.2) is 74.2 Å². The van der Waals surface area contributed by atoms with E-state index >= 15 is 17.6 Å². The molecule has 3 aromatic carbocycles. The number of rotatable bonds is 9. The molecule has 2 heterocycles. The number of nitrogens with zero attached hydrogens (tertiary/aromatic N) is 5. The largest absolute Gasteiger partial charge is 0.468 e. The first-order valence-electron chi connectivity index (χ1n) is 18.7. The van der Waals surface area contributed by atoms with Gasteiger partial charge in [0.25, 0.3) is 0 Å². The number of nitriles is 1. The maximum absolute atomic E-state index is 17.1. The van der Waals surface area contributed by atoms with Gasteiger partial charge in [0.2, 0.25) is 0 Å². The summed E-state index contributed by atoms with van der Waals surface area (Å²) in [5.41, 5.74) is 2.26. The molecule has 298 valence electrons. The molecule has 1 aromatic heterocycles. The van der Waals surface area contributed by atoms with Crippen LogP contribution in [0.4, 0.5) is 28.2 Å². The smallest absolute Gasteiger partial charge is 0.410 e. The van der Waals surface area contributed by atoms with Gasteiger partial charge in [0.1, 0.15) is 42.4 Å². The number of amides is 1. The van der Waals surface area contributed by atoms with Gasteiger partial charge in [-0.15, -0.1) is 5.54 Å². The van der Waals surface area contributed by atoms with Crippen molar-refractivity contribution in [3.8, 4) is 34.4 Å². The number of piperazine rings is 1. The molecule has 4 aromatic rings. The Hall–Kier alpha value is -4.92. The second kappa shape index (κ2) is 16.7. The normalized spacial score (nSPS) is 15.1. The van der Waals surface area contributed by atoms with E-state index in [0.717, 1.165) is 6.07 Å². The number of anilines is 1. The summed E-state index contributed by atoms with van der Waals surface area (Å²) < 4.78 is 81.6. The van der Waals surface area contributed by atoms with Gasteiger partial charge in [0, 0.05) is 43.1 Å². The maximum Gasteiger partial charge on any atom is 0.410 e. The fourth-order valence-electron chi connectivity index (χ4n) is 8.08. The Kier molecular flexibility index (Phi) is 12.6. The van der Waals surface area contributed by atoms with E-state index in [1.165, 1.54) is 30.2 Å². The predicted octanol–water partition coefficient (Wildman–Crippen LogP) is 9.90. The molecule has 5 rings (SSSR count). The zero-order valence-electron chi connectivity index (χ0n) is 33.6. The first-order chi connectivity index (χ1) is 26.3. The van der Waals surface area contributed by atoms with Crippen molar-refractivity contribution < 1.29 is 36.6 Å². The van der Waals surface area contributed by atoms with Crippen LogP contribution >= 0.6 is 0 Å². The Balaban J connectivity index is 1.74. The number of carbonyl (C=O) groups excluding carboxylic acids is 1. The van der Waals surface area contributed by atoms with Crippen molar-refractivity contribution in [1.29, 1.82) is 5.26 Å². The van der Waals surface area contributed by atoms with Crippen LogP contribution < -0.4 is 9.64 Å². The van der Waals surface area contributed by atoms with Crippen molar-refractivity contribution >= 4 is 41.7 Å². The van der Waals surface area contributed by atoms with Crippen molar-refractivity contribution in [3.05, 3.63) is 59.4 Å². The van der Waals surface area contributed by atoms with E-state index in [4.69, 9.17) is 14.2 Å². The van der Waals surface area contributed by atoms with Crippen molar-refractivity contribution in [3.63, 3.8) is 0 Å². The lowest BCUT2D eigenvalue weighted by Crippen LogP contribution is -2.56. The monoisotopic (exact) mass is 791 g/mol. The second-order valence-electron chi connectivity index (χ2n) is 16.1. The number of methoxy groups -OCH3 is 1. The molecule has 0 saturated carbocycles. The zero-order chi connectivity index (χ0) is 41.3. The third-order valence-corrected chi connectivity index (χ3v) is 16.8. The zero-order valence-corrected chi connectivity index (χ0v) is 34.6. The lowest BCUT2D eigenvalue weighted by molar-refractivity contribution is 0.0145. The molecule has 1 atom stereocenters. The fourth-order valence-corrected chi connectivity index (χ4v) is 13.3. The Morgan fingerprint density at radius 3 is 2.27 bits per heavy atom. The molecule has 0 bridgehead atoms. The molecule has 1 amide bonds. The van der Waals surface area contributed by atoms with Gasteiger partial charge < -0.3 is 24.0 Å².